The predicted molar refractivity (Wildman–Crippen MR) is 98.6 cm³/mol. The van der Waals surface area contributed by atoms with Gasteiger partial charge in [-0.3, -0.25) is 4.79 Å². The normalized spacial score (nSPS) is 19.6. The molecule has 138 valence electrons. The minimum atomic E-state index is 0.0345. The first-order valence-electron chi connectivity index (χ1n) is 8.69. The Morgan fingerprint density at radius 2 is 1.77 bits per heavy atom. The van der Waals surface area contributed by atoms with Crippen LogP contribution in [0.4, 0.5) is 0 Å². The maximum Gasteiger partial charge on any atom is 0.278 e. The maximum atomic E-state index is 12.2. The lowest BCUT2D eigenvalue weighted by atomic mass is 9.92. The van der Waals surface area contributed by atoms with Crippen molar-refractivity contribution >= 4 is 17.5 Å². The zero-order valence-electron chi connectivity index (χ0n) is 14.7. The Hall–Kier alpha value is -2.34. The van der Waals surface area contributed by atoms with Crippen LogP contribution in [0, 0.1) is 0 Å². The van der Waals surface area contributed by atoms with Gasteiger partial charge in [0, 0.05) is 23.5 Å². The van der Waals surface area contributed by atoms with Gasteiger partial charge in [-0.05, 0) is 43.4 Å². The number of hydrogen-bond donors (Lipinski definition) is 1. The zero-order valence-corrected chi connectivity index (χ0v) is 15.4. The van der Waals surface area contributed by atoms with Crippen LogP contribution in [0.3, 0.4) is 0 Å². The van der Waals surface area contributed by atoms with Crippen molar-refractivity contribution in [2.75, 3.05) is 7.11 Å². The molecule has 1 fully saturated rings. The molecule has 1 aromatic carbocycles. The number of aromatic nitrogens is 2. The summed E-state index contributed by atoms with van der Waals surface area (Å²) in [6.45, 7) is 0. The number of rotatable bonds is 6. The van der Waals surface area contributed by atoms with E-state index in [0.29, 0.717) is 23.2 Å². The Morgan fingerprint density at radius 3 is 2.42 bits per heavy atom. The molecule has 6 nitrogen and oxygen atoms in total. The first-order chi connectivity index (χ1) is 12.6. The molecular weight excluding hydrogens is 354 g/mol. The zero-order chi connectivity index (χ0) is 18.4. The molecule has 26 heavy (non-hydrogen) atoms. The van der Waals surface area contributed by atoms with E-state index in [2.05, 4.69) is 15.3 Å². The molecule has 0 saturated heterocycles. The van der Waals surface area contributed by atoms with Crippen LogP contribution < -0.4 is 14.8 Å². The van der Waals surface area contributed by atoms with Gasteiger partial charge in [0.25, 0.3) is 11.8 Å². The Balaban J connectivity index is 1.44. The highest BCUT2D eigenvalue weighted by molar-refractivity contribution is 6.30. The standard InChI is InChI=1S/C19H22ClN3O3/c1-25-18-19(22-11-10-21-18)26-16-8-6-15(7-9-16)23-17(24)12-13-2-4-14(20)5-3-13/h2-5,10-11,15-16H,6-9,12H2,1H3,(H,23,24). The number of amides is 1. The molecule has 0 radical (unpaired) electrons. The van der Waals surface area contributed by atoms with Gasteiger partial charge in [0.05, 0.1) is 13.5 Å². The van der Waals surface area contributed by atoms with Gasteiger partial charge in [-0.15, -0.1) is 0 Å². The van der Waals surface area contributed by atoms with Crippen LogP contribution in [-0.4, -0.2) is 35.1 Å². The number of halogens is 1. The molecular formula is C19H22ClN3O3. The lowest BCUT2D eigenvalue weighted by molar-refractivity contribution is -0.121. The monoisotopic (exact) mass is 375 g/mol. The number of ether oxygens (including phenoxy) is 2. The van der Waals surface area contributed by atoms with Crippen LogP contribution in [0.5, 0.6) is 11.8 Å². The van der Waals surface area contributed by atoms with E-state index in [1.807, 2.05) is 12.1 Å². The summed E-state index contributed by atoms with van der Waals surface area (Å²) in [5, 5.41) is 3.78. The van der Waals surface area contributed by atoms with Gasteiger partial charge in [0.15, 0.2) is 0 Å². The van der Waals surface area contributed by atoms with Gasteiger partial charge in [-0.2, -0.15) is 0 Å². The second-order valence-corrected chi connectivity index (χ2v) is 6.77. The molecule has 0 spiro atoms. The quantitative estimate of drug-likeness (QED) is 0.839. The number of methoxy groups -OCH3 is 1. The molecule has 3 rings (SSSR count). The summed E-state index contributed by atoms with van der Waals surface area (Å²) in [4.78, 5) is 20.5. The topological polar surface area (TPSA) is 73.3 Å². The Labute approximate surface area is 157 Å². The SMILES string of the molecule is COc1nccnc1OC1CCC(NC(=O)Cc2ccc(Cl)cc2)CC1. The van der Waals surface area contributed by atoms with Gasteiger partial charge in [0.2, 0.25) is 5.91 Å². The first kappa shape index (κ1) is 18.5. The van der Waals surface area contributed by atoms with Gasteiger partial charge in [-0.1, -0.05) is 23.7 Å². The van der Waals surface area contributed by atoms with Crippen LogP contribution >= 0.6 is 11.6 Å². The molecule has 1 saturated carbocycles. The van der Waals surface area contributed by atoms with Crippen molar-refractivity contribution in [2.45, 2.75) is 44.2 Å². The summed E-state index contributed by atoms with van der Waals surface area (Å²) in [7, 11) is 1.55. The van der Waals surface area contributed by atoms with Gasteiger partial charge in [0.1, 0.15) is 6.10 Å². The fraction of sp³-hybridized carbons (Fsp3) is 0.421. The van der Waals surface area contributed by atoms with Crippen LogP contribution in [0.2, 0.25) is 5.02 Å². The van der Waals surface area contributed by atoms with Crippen molar-refractivity contribution in [3.05, 3.63) is 47.2 Å². The highest BCUT2D eigenvalue weighted by Crippen LogP contribution is 2.27. The minimum Gasteiger partial charge on any atom is -0.477 e. The second-order valence-electron chi connectivity index (χ2n) is 6.33. The summed E-state index contributed by atoms with van der Waals surface area (Å²) in [5.74, 6) is 0.850. The molecule has 0 aliphatic heterocycles. The largest absolute Gasteiger partial charge is 0.477 e. The number of hydrogen-bond acceptors (Lipinski definition) is 5. The molecule has 0 atom stereocenters. The molecule has 1 aromatic heterocycles. The molecule has 0 bridgehead atoms. The average molecular weight is 376 g/mol. The van der Waals surface area contributed by atoms with Gasteiger partial charge in [-0.25, -0.2) is 9.97 Å². The van der Waals surface area contributed by atoms with Crippen molar-refractivity contribution in [3.63, 3.8) is 0 Å². The van der Waals surface area contributed by atoms with E-state index in [4.69, 9.17) is 21.1 Å². The van der Waals surface area contributed by atoms with E-state index < -0.39 is 0 Å². The van der Waals surface area contributed by atoms with E-state index in [1.165, 1.54) is 0 Å². The highest BCUT2D eigenvalue weighted by atomic mass is 35.5. The van der Waals surface area contributed by atoms with Crippen molar-refractivity contribution in [1.29, 1.82) is 0 Å². The molecule has 1 aliphatic carbocycles. The Bertz CT molecular complexity index is 731. The smallest absolute Gasteiger partial charge is 0.278 e. The molecule has 1 heterocycles. The van der Waals surface area contributed by atoms with Crippen molar-refractivity contribution < 1.29 is 14.3 Å². The summed E-state index contributed by atoms with van der Waals surface area (Å²) >= 11 is 5.87. The van der Waals surface area contributed by atoms with E-state index >= 15 is 0 Å². The fourth-order valence-corrected chi connectivity index (χ4v) is 3.21. The van der Waals surface area contributed by atoms with Gasteiger partial charge < -0.3 is 14.8 Å². The number of carbonyl (C=O) groups excluding carboxylic acids is 1. The highest BCUT2D eigenvalue weighted by Gasteiger charge is 2.25. The number of nitrogens with one attached hydrogen (secondary N) is 1. The van der Waals surface area contributed by atoms with Crippen LogP contribution in [-0.2, 0) is 11.2 Å². The van der Waals surface area contributed by atoms with Crippen molar-refractivity contribution in [2.24, 2.45) is 0 Å². The third kappa shape index (κ3) is 5.08. The fourth-order valence-electron chi connectivity index (χ4n) is 3.08. The summed E-state index contributed by atoms with van der Waals surface area (Å²) in [5.41, 5.74) is 0.957. The van der Waals surface area contributed by atoms with Crippen LogP contribution in [0.15, 0.2) is 36.7 Å². The third-order valence-electron chi connectivity index (χ3n) is 4.42. The molecule has 1 N–H and O–H groups in total. The summed E-state index contributed by atoms with van der Waals surface area (Å²) in [6.07, 6.45) is 7.03. The maximum absolute atomic E-state index is 12.2. The van der Waals surface area contributed by atoms with Crippen LogP contribution in [0.1, 0.15) is 31.2 Å². The first-order valence-corrected chi connectivity index (χ1v) is 9.07. The Morgan fingerprint density at radius 1 is 1.12 bits per heavy atom. The van der Waals surface area contributed by atoms with Crippen LogP contribution in [0.25, 0.3) is 0 Å². The average Bonchev–Trinajstić information content (AvgIpc) is 2.65. The third-order valence-corrected chi connectivity index (χ3v) is 4.67. The molecule has 1 aliphatic rings. The van der Waals surface area contributed by atoms with Crippen molar-refractivity contribution in [3.8, 4) is 11.8 Å². The second kappa shape index (κ2) is 8.85. The van der Waals surface area contributed by atoms with E-state index in [9.17, 15) is 4.79 Å². The van der Waals surface area contributed by atoms with E-state index in [-0.39, 0.29) is 18.1 Å². The van der Waals surface area contributed by atoms with Gasteiger partial charge >= 0.3 is 0 Å². The summed E-state index contributed by atoms with van der Waals surface area (Å²) < 4.78 is 11.1. The van der Waals surface area contributed by atoms with Crippen molar-refractivity contribution in [1.82, 2.24) is 15.3 Å². The van der Waals surface area contributed by atoms with E-state index in [1.54, 1.807) is 31.6 Å². The summed E-state index contributed by atoms with van der Waals surface area (Å²) in [6, 6.07) is 7.53. The molecule has 7 heteroatoms. The lowest BCUT2D eigenvalue weighted by Crippen LogP contribution is -2.40. The molecule has 1 amide bonds. The molecule has 2 aromatic rings. The number of carbonyl (C=O) groups is 1. The lowest BCUT2D eigenvalue weighted by Gasteiger charge is -2.29. The minimum absolute atomic E-state index is 0.0345. The number of benzene rings is 1. The van der Waals surface area contributed by atoms with E-state index in [0.717, 1.165) is 31.2 Å². The molecule has 0 unspecified atom stereocenters. The predicted octanol–water partition coefficient (Wildman–Crippen LogP) is 3.19. The number of nitrogens with zero attached hydrogens (tertiary/aromatic N) is 2. The Kier molecular flexibility index (Phi) is 6.28.